The number of nitrogens with zero attached hydrogens (tertiary/aromatic N) is 2. The molecule has 0 saturated carbocycles. The molecule has 1 unspecified atom stereocenters. The van der Waals surface area contributed by atoms with Gasteiger partial charge in [-0.25, -0.2) is 13.9 Å². The van der Waals surface area contributed by atoms with Gasteiger partial charge in [-0.2, -0.15) is 0 Å². The van der Waals surface area contributed by atoms with Gasteiger partial charge in [0.25, 0.3) is 5.56 Å². The van der Waals surface area contributed by atoms with Gasteiger partial charge in [0.05, 0.1) is 32.9 Å². The zero-order valence-corrected chi connectivity index (χ0v) is 24.2. The van der Waals surface area contributed by atoms with Gasteiger partial charge in [-0.15, -0.1) is 0 Å². The summed E-state index contributed by atoms with van der Waals surface area (Å²) in [5.41, 5.74) is -3.17. The first kappa shape index (κ1) is 28.6. The van der Waals surface area contributed by atoms with Crippen molar-refractivity contribution in [2.24, 2.45) is 5.92 Å². The number of ether oxygens (including phenoxy) is 2. The predicted octanol–water partition coefficient (Wildman–Crippen LogP) is 2.87. The lowest BCUT2D eigenvalue weighted by Gasteiger charge is -2.27. The summed E-state index contributed by atoms with van der Waals surface area (Å²) in [6, 6.07) is 9.06. The molecule has 4 rings (SSSR count). The number of H-pyrrole nitrogens is 1. The monoisotopic (exact) mass is 607 g/mol. The summed E-state index contributed by atoms with van der Waals surface area (Å²) in [4.78, 5) is 31.8. The number of rotatable bonds is 10. The number of carbonyl (C=O) groups excluding carboxylic acids is 1. The minimum Gasteiger partial charge on any atom is -0.463 e. The highest BCUT2D eigenvalue weighted by Gasteiger charge is 2.56. The summed E-state index contributed by atoms with van der Waals surface area (Å²) in [5.74, 6) is 2.67. The molecule has 0 spiro atoms. The van der Waals surface area contributed by atoms with Crippen LogP contribution in [0.25, 0.3) is 11.0 Å². The fourth-order valence-corrected chi connectivity index (χ4v) is 6.06. The Morgan fingerprint density at radius 3 is 2.71 bits per heavy atom. The van der Waals surface area contributed by atoms with E-state index in [1.165, 1.54) is 38.2 Å². The van der Waals surface area contributed by atoms with Crippen molar-refractivity contribution in [2.75, 3.05) is 19.4 Å². The first-order valence-corrected chi connectivity index (χ1v) is 14.8. The normalized spacial score (nSPS) is 25.2. The molecule has 0 aliphatic carbocycles. The van der Waals surface area contributed by atoms with Gasteiger partial charge in [0, 0.05) is 6.20 Å². The number of aliphatic hydroxyl groups excluding tert-OH is 1. The molecule has 3 heterocycles. The second-order valence-corrected chi connectivity index (χ2v) is 12.0. The maximum atomic E-state index is 14.1. The number of hydrogen-bond donors (Lipinski definition) is 3. The third kappa shape index (κ3) is 6.75. The number of fused-ring (bicyclic) bond motifs is 1. The van der Waals surface area contributed by atoms with Crippen LogP contribution in [0.1, 0.15) is 35.6 Å². The van der Waals surface area contributed by atoms with Crippen LogP contribution in [0.5, 0.6) is 5.75 Å². The SMILES string of the molecule is [2H]C([2H])(O[P@@](=O)(C[C@@H](C)C(=O)OC(C)C)Oc1ccccc1)[C@H]1O[C@@H](n2ccc3c(=O)[nH]c(C)nc32)C(O)(C#CCF)[C@H]1O. The number of alkyl halides is 1. The van der Waals surface area contributed by atoms with E-state index in [1.54, 1.807) is 32.0 Å². The summed E-state index contributed by atoms with van der Waals surface area (Å²) in [6.45, 7) is 1.78. The van der Waals surface area contributed by atoms with E-state index in [-0.39, 0.29) is 22.6 Å². The summed E-state index contributed by atoms with van der Waals surface area (Å²) in [5, 5.41) is 22.9. The van der Waals surface area contributed by atoms with Crippen molar-refractivity contribution < 1.29 is 45.2 Å². The van der Waals surface area contributed by atoms with Crippen molar-refractivity contribution in [2.45, 2.75) is 57.8 Å². The van der Waals surface area contributed by atoms with Crippen molar-refractivity contribution in [1.29, 1.82) is 0 Å². The Morgan fingerprint density at radius 2 is 2.05 bits per heavy atom. The maximum Gasteiger partial charge on any atom is 0.380 e. The minimum absolute atomic E-state index is 0.00150. The van der Waals surface area contributed by atoms with E-state index in [4.69, 9.17) is 21.3 Å². The molecule has 0 bridgehead atoms. The zero-order valence-electron chi connectivity index (χ0n) is 25.3. The van der Waals surface area contributed by atoms with Gasteiger partial charge in [-0.1, -0.05) is 37.0 Å². The van der Waals surface area contributed by atoms with Gasteiger partial charge < -0.3 is 33.8 Å². The molecule has 14 heteroatoms. The number of esters is 1. The molecule has 3 aromatic rings. The Bertz CT molecular complexity index is 1670. The second kappa shape index (κ2) is 12.8. The van der Waals surface area contributed by atoms with Crippen molar-refractivity contribution in [3.63, 3.8) is 0 Å². The molecule has 42 heavy (non-hydrogen) atoms. The van der Waals surface area contributed by atoms with Gasteiger partial charge in [0.2, 0.25) is 0 Å². The summed E-state index contributed by atoms with van der Waals surface area (Å²) in [6.07, 6.45) is -5.85. The number of benzene rings is 1. The lowest BCUT2D eigenvalue weighted by atomic mass is 9.94. The van der Waals surface area contributed by atoms with Crippen LogP contribution in [-0.2, 0) is 23.4 Å². The number of carbonyl (C=O) groups is 1. The Kier molecular flexibility index (Phi) is 8.69. The standard InChI is InChI=1S/C28H33FN3O9P/c1-17(2)39-26(35)18(3)16-42(37,41-20-9-6-5-7-10-20)38-15-22-23(33)28(36,12-8-13-29)27(40-22)32-14-11-21-24(32)30-19(4)31-25(21)34/h5-7,9-11,14,17-18,22-23,27,33,36H,13,15-16H2,1-4H3,(H,30,31,34)/t18-,22-,23+,27-,28?,42+/m1/s1/i15D2. The van der Waals surface area contributed by atoms with E-state index in [9.17, 15) is 28.8 Å². The molecule has 2 aromatic heterocycles. The van der Waals surface area contributed by atoms with Crippen LogP contribution in [-0.4, -0.2) is 74.0 Å². The fourth-order valence-electron chi connectivity index (χ4n) is 4.34. The topological polar surface area (TPSA) is 162 Å². The number of aromatic amines is 1. The molecule has 226 valence electrons. The van der Waals surface area contributed by atoms with E-state index in [2.05, 4.69) is 15.9 Å². The van der Waals surface area contributed by atoms with E-state index < -0.39 is 74.6 Å². The van der Waals surface area contributed by atoms with Crippen LogP contribution in [0, 0.1) is 24.7 Å². The number of aliphatic hydroxyl groups is 2. The van der Waals surface area contributed by atoms with Gasteiger partial charge in [0.15, 0.2) is 11.8 Å². The zero-order chi connectivity index (χ0) is 32.4. The van der Waals surface area contributed by atoms with E-state index in [0.717, 1.165) is 4.57 Å². The lowest BCUT2D eigenvalue weighted by molar-refractivity contribution is -0.151. The molecule has 1 fully saturated rings. The summed E-state index contributed by atoms with van der Waals surface area (Å²) >= 11 is 0. The Hall–Kier alpha value is -3.53. The molecule has 0 amide bonds. The van der Waals surface area contributed by atoms with E-state index in [1.807, 2.05) is 5.92 Å². The number of halogens is 1. The third-order valence-corrected chi connectivity index (χ3v) is 8.11. The number of para-hydroxylation sites is 1. The van der Waals surface area contributed by atoms with Crippen LogP contribution in [0.3, 0.4) is 0 Å². The van der Waals surface area contributed by atoms with Crippen molar-refractivity contribution in [3.05, 3.63) is 58.8 Å². The Labute approximate surface area is 244 Å². The largest absolute Gasteiger partial charge is 0.463 e. The van der Waals surface area contributed by atoms with E-state index >= 15 is 0 Å². The molecular formula is C28H33FN3O9P. The highest BCUT2D eigenvalue weighted by molar-refractivity contribution is 7.54. The van der Waals surface area contributed by atoms with Gasteiger partial charge in [0.1, 0.15) is 36.1 Å². The molecular weight excluding hydrogens is 572 g/mol. The fraction of sp³-hybridized carbons (Fsp3) is 0.464. The van der Waals surface area contributed by atoms with Gasteiger partial charge in [-0.05, 0) is 39.0 Å². The summed E-state index contributed by atoms with van der Waals surface area (Å²) < 4.78 is 67.9. The number of nitrogens with one attached hydrogen (secondary N) is 1. The molecule has 6 atom stereocenters. The molecule has 0 radical (unpaired) electrons. The van der Waals surface area contributed by atoms with Gasteiger partial charge >= 0.3 is 13.6 Å². The van der Waals surface area contributed by atoms with Gasteiger partial charge in [-0.3, -0.25) is 14.1 Å². The third-order valence-electron chi connectivity index (χ3n) is 6.25. The Balaban J connectivity index is 1.73. The average Bonchev–Trinajstić information content (AvgIpc) is 3.46. The molecule has 3 N–H and O–H groups in total. The quantitative estimate of drug-likeness (QED) is 0.178. The molecule has 1 aliphatic rings. The first-order valence-electron chi connectivity index (χ1n) is 14.0. The Morgan fingerprint density at radius 1 is 1.33 bits per heavy atom. The van der Waals surface area contributed by atoms with Crippen LogP contribution in [0.4, 0.5) is 4.39 Å². The molecule has 1 aromatic carbocycles. The lowest BCUT2D eigenvalue weighted by Crippen LogP contribution is -2.46. The predicted molar refractivity (Wildman–Crippen MR) is 150 cm³/mol. The summed E-state index contributed by atoms with van der Waals surface area (Å²) in [7, 11) is -4.60. The molecule has 12 nitrogen and oxygen atoms in total. The van der Waals surface area contributed by atoms with Crippen molar-refractivity contribution >= 4 is 24.6 Å². The minimum atomic E-state index is -4.60. The van der Waals surface area contributed by atoms with Crippen molar-refractivity contribution in [1.82, 2.24) is 14.5 Å². The highest BCUT2D eigenvalue weighted by Crippen LogP contribution is 2.51. The van der Waals surface area contributed by atoms with Crippen LogP contribution >= 0.6 is 7.60 Å². The number of aromatic nitrogens is 3. The number of hydrogen-bond acceptors (Lipinski definition) is 10. The molecule has 1 aliphatic heterocycles. The number of aryl methyl sites for hydroxylation is 1. The van der Waals surface area contributed by atoms with Crippen LogP contribution in [0.15, 0.2) is 47.4 Å². The van der Waals surface area contributed by atoms with Crippen LogP contribution in [0.2, 0.25) is 0 Å². The highest BCUT2D eigenvalue weighted by atomic mass is 31.2. The second-order valence-electron chi connectivity index (χ2n) is 10.0. The van der Waals surface area contributed by atoms with E-state index in [0.29, 0.717) is 0 Å². The van der Waals surface area contributed by atoms with Crippen LogP contribution < -0.4 is 10.1 Å². The maximum absolute atomic E-state index is 14.1. The smallest absolute Gasteiger partial charge is 0.380 e. The average molecular weight is 608 g/mol. The first-order chi connectivity index (χ1) is 20.6. The molecule has 1 saturated heterocycles. The van der Waals surface area contributed by atoms with Crippen molar-refractivity contribution in [3.8, 4) is 17.6 Å².